The molecule has 0 fully saturated rings. The zero-order valence-electron chi connectivity index (χ0n) is 12.0. The van der Waals surface area contributed by atoms with Crippen LogP contribution in [-0.4, -0.2) is 10.9 Å². The molecular weight excluding hydrogens is 266 g/mol. The van der Waals surface area contributed by atoms with Gasteiger partial charge in [0.1, 0.15) is 6.26 Å². The highest BCUT2D eigenvalue weighted by Crippen LogP contribution is 2.29. The first-order valence-corrected chi connectivity index (χ1v) is 7.25. The molecule has 2 aromatic rings. The fourth-order valence-electron chi connectivity index (χ4n) is 2.74. The normalized spacial score (nSPS) is 18.9. The highest BCUT2D eigenvalue weighted by atomic mass is 16.3. The van der Waals surface area contributed by atoms with Crippen LogP contribution in [0.3, 0.4) is 0 Å². The molecule has 1 heterocycles. The van der Waals surface area contributed by atoms with Gasteiger partial charge in [0, 0.05) is 0 Å². The Kier molecular flexibility index (Phi) is 3.75. The molecule has 0 saturated heterocycles. The van der Waals surface area contributed by atoms with E-state index in [2.05, 4.69) is 22.4 Å². The van der Waals surface area contributed by atoms with Crippen LogP contribution in [0.25, 0.3) is 0 Å². The van der Waals surface area contributed by atoms with Crippen molar-refractivity contribution in [3.63, 3.8) is 0 Å². The van der Waals surface area contributed by atoms with Crippen LogP contribution in [0.5, 0.6) is 0 Å². The van der Waals surface area contributed by atoms with Crippen LogP contribution in [0, 0.1) is 0 Å². The van der Waals surface area contributed by atoms with E-state index < -0.39 is 0 Å². The Bertz CT molecular complexity index is 648. The van der Waals surface area contributed by atoms with E-state index in [0.717, 1.165) is 19.3 Å². The third-order valence-electron chi connectivity index (χ3n) is 3.82. The first-order chi connectivity index (χ1) is 10.1. The lowest BCUT2D eigenvalue weighted by Gasteiger charge is -2.25. The zero-order chi connectivity index (χ0) is 14.8. The van der Waals surface area contributed by atoms with Crippen molar-refractivity contribution in [1.29, 1.82) is 0 Å². The molecule has 5 heteroatoms. The number of nitrogens with one attached hydrogen (secondary N) is 1. The number of hydrogen-bond donors (Lipinski definition) is 2. The second-order valence-corrected chi connectivity index (χ2v) is 5.48. The van der Waals surface area contributed by atoms with Crippen molar-refractivity contribution in [1.82, 2.24) is 10.3 Å². The predicted octanol–water partition coefficient (Wildman–Crippen LogP) is 2.50. The SMILES string of the molecule is CC(N)c1nc(C(=O)NC2CCCc3ccccc32)co1. The summed E-state index contributed by atoms with van der Waals surface area (Å²) in [5.74, 6) is 0.163. The van der Waals surface area contributed by atoms with Crippen molar-refractivity contribution >= 4 is 5.91 Å². The van der Waals surface area contributed by atoms with Crippen LogP contribution in [-0.2, 0) is 6.42 Å². The maximum atomic E-state index is 12.3. The largest absolute Gasteiger partial charge is 0.446 e. The van der Waals surface area contributed by atoms with Crippen LogP contribution >= 0.6 is 0 Å². The van der Waals surface area contributed by atoms with Crippen molar-refractivity contribution in [3.8, 4) is 0 Å². The van der Waals surface area contributed by atoms with Crippen LogP contribution in [0.1, 0.15) is 59.4 Å². The van der Waals surface area contributed by atoms with Gasteiger partial charge in [-0.3, -0.25) is 4.79 Å². The van der Waals surface area contributed by atoms with Crippen LogP contribution in [0.4, 0.5) is 0 Å². The molecule has 0 saturated carbocycles. The lowest BCUT2D eigenvalue weighted by atomic mass is 9.88. The molecule has 21 heavy (non-hydrogen) atoms. The fourth-order valence-corrected chi connectivity index (χ4v) is 2.74. The summed E-state index contributed by atoms with van der Waals surface area (Å²) in [6.45, 7) is 1.77. The van der Waals surface area contributed by atoms with Gasteiger partial charge < -0.3 is 15.5 Å². The molecular formula is C16H19N3O2. The van der Waals surface area contributed by atoms with Gasteiger partial charge >= 0.3 is 0 Å². The number of aromatic nitrogens is 1. The van der Waals surface area contributed by atoms with E-state index >= 15 is 0 Å². The molecule has 1 amide bonds. The first kappa shape index (κ1) is 13.8. The maximum absolute atomic E-state index is 12.3. The zero-order valence-corrected chi connectivity index (χ0v) is 12.0. The van der Waals surface area contributed by atoms with E-state index in [1.165, 1.54) is 17.4 Å². The molecule has 2 atom stereocenters. The number of carbonyl (C=O) groups excluding carboxylic acids is 1. The average Bonchev–Trinajstić information content (AvgIpc) is 2.98. The number of oxazole rings is 1. The fraction of sp³-hybridized carbons (Fsp3) is 0.375. The van der Waals surface area contributed by atoms with Gasteiger partial charge in [-0.25, -0.2) is 4.98 Å². The van der Waals surface area contributed by atoms with Gasteiger partial charge in [0.2, 0.25) is 5.89 Å². The Hall–Kier alpha value is -2.14. The minimum atomic E-state index is -0.318. The van der Waals surface area contributed by atoms with Crippen molar-refractivity contribution in [3.05, 3.63) is 53.2 Å². The number of carbonyl (C=O) groups is 1. The number of amides is 1. The van der Waals surface area contributed by atoms with Gasteiger partial charge in [-0.05, 0) is 37.3 Å². The molecule has 0 spiro atoms. The summed E-state index contributed by atoms with van der Waals surface area (Å²) in [5.41, 5.74) is 8.48. The Morgan fingerprint density at radius 1 is 1.48 bits per heavy atom. The van der Waals surface area contributed by atoms with Crippen LogP contribution in [0.15, 0.2) is 34.9 Å². The third kappa shape index (κ3) is 2.83. The predicted molar refractivity (Wildman–Crippen MR) is 78.7 cm³/mol. The van der Waals surface area contributed by atoms with E-state index in [9.17, 15) is 4.79 Å². The molecule has 0 radical (unpaired) electrons. The summed E-state index contributed by atoms with van der Waals surface area (Å²) in [4.78, 5) is 16.4. The van der Waals surface area contributed by atoms with Gasteiger partial charge in [0.15, 0.2) is 5.69 Å². The molecule has 1 aromatic heterocycles. The molecule has 1 aromatic carbocycles. The number of aryl methyl sites for hydroxylation is 1. The Morgan fingerprint density at radius 3 is 3.05 bits per heavy atom. The number of rotatable bonds is 3. The molecule has 0 aliphatic heterocycles. The summed E-state index contributed by atoms with van der Waals surface area (Å²) in [6.07, 6.45) is 4.46. The van der Waals surface area contributed by atoms with Gasteiger partial charge in [-0.1, -0.05) is 24.3 Å². The van der Waals surface area contributed by atoms with E-state index in [1.807, 2.05) is 12.1 Å². The van der Waals surface area contributed by atoms with Crippen LogP contribution < -0.4 is 11.1 Å². The van der Waals surface area contributed by atoms with Crippen molar-refractivity contribution in [2.45, 2.75) is 38.3 Å². The molecule has 3 rings (SSSR count). The number of hydrogen-bond acceptors (Lipinski definition) is 4. The maximum Gasteiger partial charge on any atom is 0.273 e. The van der Waals surface area contributed by atoms with E-state index in [4.69, 9.17) is 10.2 Å². The number of nitrogens with zero attached hydrogens (tertiary/aromatic N) is 1. The summed E-state index contributed by atoms with van der Waals surface area (Å²) >= 11 is 0. The number of nitrogens with two attached hydrogens (primary N) is 1. The number of benzene rings is 1. The Balaban J connectivity index is 1.76. The van der Waals surface area contributed by atoms with E-state index in [1.54, 1.807) is 6.92 Å². The summed E-state index contributed by atoms with van der Waals surface area (Å²) in [5, 5.41) is 3.04. The van der Waals surface area contributed by atoms with Crippen molar-refractivity contribution in [2.24, 2.45) is 5.73 Å². The molecule has 110 valence electrons. The molecule has 1 aliphatic carbocycles. The molecule has 5 nitrogen and oxygen atoms in total. The van der Waals surface area contributed by atoms with Crippen molar-refractivity contribution in [2.75, 3.05) is 0 Å². The summed E-state index contributed by atoms with van der Waals surface area (Å²) < 4.78 is 5.21. The lowest BCUT2D eigenvalue weighted by molar-refractivity contribution is 0.0927. The summed E-state index contributed by atoms with van der Waals surface area (Å²) in [7, 11) is 0. The molecule has 2 unspecified atom stereocenters. The van der Waals surface area contributed by atoms with Gasteiger partial charge in [0.05, 0.1) is 12.1 Å². The minimum Gasteiger partial charge on any atom is -0.446 e. The Morgan fingerprint density at radius 2 is 2.29 bits per heavy atom. The quantitative estimate of drug-likeness (QED) is 0.908. The molecule has 1 aliphatic rings. The second-order valence-electron chi connectivity index (χ2n) is 5.48. The van der Waals surface area contributed by atoms with E-state index in [-0.39, 0.29) is 23.7 Å². The van der Waals surface area contributed by atoms with Gasteiger partial charge in [-0.15, -0.1) is 0 Å². The molecule has 3 N–H and O–H groups in total. The highest BCUT2D eigenvalue weighted by molar-refractivity contribution is 5.92. The monoisotopic (exact) mass is 285 g/mol. The van der Waals surface area contributed by atoms with Crippen molar-refractivity contribution < 1.29 is 9.21 Å². The molecule has 0 bridgehead atoms. The first-order valence-electron chi connectivity index (χ1n) is 7.25. The van der Waals surface area contributed by atoms with E-state index in [0.29, 0.717) is 5.89 Å². The summed E-state index contributed by atoms with van der Waals surface area (Å²) in [6, 6.07) is 7.97. The van der Waals surface area contributed by atoms with Gasteiger partial charge in [0.25, 0.3) is 5.91 Å². The standard InChI is InChI=1S/C16H19N3O2/c1-10(17)16-19-14(9-21-16)15(20)18-13-8-4-6-11-5-2-3-7-12(11)13/h2-3,5,7,9-10,13H,4,6,8,17H2,1H3,(H,18,20). The number of fused-ring (bicyclic) bond motifs is 1. The Labute approximate surface area is 123 Å². The van der Waals surface area contributed by atoms with Crippen LogP contribution in [0.2, 0.25) is 0 Å². The second kappa shape index (κ2) is 5.69. The highest BCUT2D eigenvalue weighted by Gasteiger charge is 2.23. The van der Waals surface area contributed by atoms with Gasteiger partial charge in [-0.2, -0.15) is 0 Å². The topological polar surface area (TPSA) is 81.1 Å². The smallest absolute Gasteiger partial charge is 0.273 e. The minimum absolute atomic E-state index is 0.0397. The average molecular weight is 285 g/mol. The lowest BCUT2D eigenvalue weighted by Crippen LogP contribution is -2.31. The third-order valence-corrected chi connectivity index (χ3v) is 3.82.